The van der Waals surface area contributed by atoms with E-state index in [2.05, 4.69) is 25.2 Å². The van der Waals surface area contributed by atoms with Crippen LogP contribution in [0.1, 0.15) is 11.3 Å². The van der Waals surface area contributed by atoms with Gasteiger partial charge in [-0.05, 0) is 61.0 Å². The molecule has 2 aromatic heterocycles. The lowest BCUT2D eigenvalue weighted by atomic mass is 10.1. The van der Waals surface area contributed by atoms with Crippen LogP contribution >= 0.6 is 0 Å². The Bertz CT molecular complexity index is 1350. The summed E-state index contributed by atoms with van der Waals surface area (Å²) in [5, 5.41) is 9.23. The predicted molar refractivity (Wildman–Crippen MR) is 115 cm³/mol. The fourth-order valence-corrected chi connectivity index (χ4v) is 3.92. The van der Waals surface area contributed by atoms with E-state index in [4.69, 9.17) is 4.42 Å². The van der Waals surface area contributed by atoms with E-state index < -0.39 is 15.8 Å². The normalized spacial score (nSPS) is 11.3. The second-order valence-electron chi connectivity index (χ2n) is 6.90. The largest absolute Gasteiger partial charge is 0.458 e. The number of nitrogens with zero attached hydrogens (tertiary/aromatic N) is 2. The molecule has 0 bridgehead atoms. The number of aryl methyl sites for hydroxylation is 1. The van der Waals surface area contributed by atoms with Crippen LogP contribution in [0, 0.1) is 12.7 Å². The van der Waals surface area contributed by atoms with Crippen LogP contribution in [-0.2, 0) is 21.2 Å². The van der Waals surface area contributed by atoms with Crippen LogP contribution in [0.2, 0.25) is 0 Å². The molecule has 0 spiro atoms. The summed E-state index contributed by atoms with van der Waals surface area (Å²) in [7, 11) is -3.85. The van der Waals surface area contributed by atoms with Crippen molar-refractivity contribution in [2.24, 2.45) is 0 Å². The van der Waals surface area contributed by atoms with Crippen LogP contribution < -0.4 is 10.0 Å². The van der Waals surface area contributed by atoms with Crippen molar-refractivity contribution in [3.8, 4) is 11.6 Å². The van der Waals surface area contributed by atoms with Gasteiger partial charge in [0.05, 0.1) is 11.3 Å². The molecule has 0 radical (unpaired) electrons. The lowest BCUT2D eigenvalue weighted by Crippen LogP contribution is -2.16. The van der Waals surface area contributed by atoms with E-state index >= 15 is 0 Å². The Labute approximate surface area is 182 Å². The van der Waals surface area contributed by atoms with Crippen LogP contribution in [0.4, 0.5) is 16.0 Å². The van der Waals surface area contributed by atoms with E-state index in [0.717, 1.165) is 17.9 Å². The number of hydrogen-bond acceptors (Lipinski definition) is 6. The predicted octanol–water partition coefficient (Wildman–Crippen LogP) is 3.49. The second-order valence-corrected chi connectivity index (χ2v) is 8.58. The van der Waals surface area contributed by atoms with Crippen LogP contribution in [-0.4, -0.2) is 29.5 Å². The Hall–Kier alpha value is -3.99. The topological polar surface area (TPSA) is 130 Å². The summed E-state index contributed by atoms with van der Waals surface area (Å²) in [6.07, 6.45) is 0.0364. The molecule has 32 heavy (non-hydrogen) atoms. The van der Waals surface area contributed by atoms with Gasteiger partial charge in [-0.1, -0.05) is 12.1 Å². The number of amides is 1. The van der Waals surface area contributed by atoms with Gasteiger partial charge in [-0.3, -0.25) is 19.9 Å². The fraction of sp³-hybridized carbons (Fsp3) is 0.0952. The number of furan rings is 1. The first-order valence-corrected chi connectivity index (χ1v) is 10.9. The Morgan fingerprint density at radius 1 is 1.06 bits per heavy atom. The fourth-order valence-electron chi connectivity index (χ4n) is 2.86. The van der Waals surface area contributed by atoms with Crippen molar-refractivity contribution in [3.05, 3.63) is 77.8 Å². The number of hydrogen-bond donors (Lipinski definition) is 3. The minimum atomic E-state index is -3.85. The van der Waals surface area contributed by atoms with Crippen molar-refractivity contribution in [2.75, 3.05) is 10.0 Å². The van der Waals surface area contributed by atoms with Crippen LogP contribution in [0.3, 0.4) is 0 Å². The summed E-state index contributed by atoms with van der Waals surface area (Å²) in [6.45, 7) is 1.81. The van der Waals surface area contributed by atoms with Gasteiger partial charge < -0.3 is 4.42 Å². The van der Waals surface area contributed by atoms with Crippen LogP contribution in [0.15, 0.2) is 70.0 Å². The summed E-state index contributed by atoms with van der Waals surface area (Å²) in [4.78, 5) is 16.4. The number of H-pyrrole nitrogens is 1. The maximum Gasteiger partial charge on any atom is 0.261 e. The Morgan fingerprint density at radius 3 is 2.44 bits per heavy atom. The Kier molecular flexibility index (Phi) is 5.73. The number of rotatable bonds is 7. The number of carbonyl (C=O) groups is 1. The molecule has 11 heteroatoms. The standard InChI is InChI=1S/C21H18FN5O4S/c1-13-2-11-18(31-13)20-24-21(26-25-20)23-19(28)12-14-3-7-16(8-4-14)27-32(29,30)17-9-5-15(22)6-10-17/h2-11,27H,12H2,1H3,(H2,23,24,25,26,28). The molecule has 164 valence electrons. The first-order chi connectivity index (χ1) is 15.3. The maximum absolute atomic E-state index is 13.0. The monoisotopic (exact) mass is 455 g/mol. The van der Waals surface area contributed by atoms with Crippen LogP contribution in [0.25, 0.3) is 11.6 Å². The summed E-state index contributed by atoms with van der Waals surface area (Å²) < 4.78 is 45.6. The van der Waals surface area contributed by atoms with E-state index in [9.17, 15) is 17.6 Å². The zero-order valence-corrected chi connectivity index (χ0v) is 17.6. The lowest BCUT2D eigenvalue weighted by Gasteiger charge is -2.09. The number of aromatic amines is 1. The molecule has 0 aliphatic heterocycles. The first-order valence-electron chi connectivity index (χ1n) is 9.45. The average molecular weight is 455 g/mol. The van der Waals surface area contributed by atoms with Gasteiger partial charge in [0, 0.05) is 5.69 Å². The SMILES string of the molecule is Cc1ccc(-c2nc(NC(=O)Cc3ccc(NS(=O)(=O)c4ccc(F)cc4)cc3)n[nH]2)o1. The molecule has 2 aromatic carbocycles. The molecular weight excluding hydrogens is 437 g/mol. The zero-order valence-electron chi connectivity index (χ0n) is 16.8. The molecule has 0 atom stereocenters. The molecular formula is C21H18FN5O4S. The van der Waals surface area contributed by atoms with Crippen molar-refractivity contribution >= 4 is 27.6 Å². The molecule has 3 N–H and O–H groups in total. The molecule has 0 aliphatic carbocycles. The van der Waals surface area contributed by atoms with Crippen molar-refractivity contribution < 1.29 is 22.0 Å². The molecule has 4 rings (SSSR count). The smallest absolute Gasteiger partial charge is 0.261 e. The number of benzene rings is 2. The third kappa shape index (κ3) is 5.01. The van der Waals surface area contributed by atoms with E-state index in [0.29, 0.717) is 22.8 Å². The number of sulfonamides is 1. The Morgan fingerprint density at radius 2 is 1.78 bits per heavy atom. The number of nitrogens with one attached hydrogen (secondary N) is 3. The van der Waals surface area contributed by atoms with E-state index in [1.807, 2.05) is 6.92 Å². The van der Waals surface area contributed by atoms with Gasteiger partial charge in [0.2, 0.25) is 11.9 Å². The summed E-state index contributed by atoms with van der Waals surface area (Å²) in [5.41, 5.74) is 0.968. The van der Waals surface area contributed by atoms with Crippen molar-refractivity contribution in [2.45, 2.75) is 18.2 Å². The average Bonchev–Trinajstić information content (AvgIpc) is 3.38. The summed E-state index contributed by atoms with van der Waals surface area (Å²) >= 11 is 0. The number of aromatic nitrogens is 3. The molecule has 0 unspecified atom stereocenters. The molecule has 0 aliphatic rings. The van der Waals surface area contributed by atoms with Gasteiger partial charge in [0.15, 0.2) is 11.6 Å². The highest BCUT2D eigenvalue weighted by molar-refractivity contribution is 7.92. The highest BCUT2D eigenvalue weighted by Crippen LogP contribution is 2.19. The molecule has 9 nitrogen and oxygen atoms in total. The van der Waals surface area contributed by atoms with Gasteiger partial charge >= 0.3 is 0 Å². The molecule has 0 saturated carbocycles. The highest BCUT2D eigenvalue weighted by atomic mass is 32.2. The molecule has 4 aromatic rings. The molecule has 0 fully saturated rings. The third-order valence-corrected chi connectivity index (χ3v) is 5.80. The maximum atomic E-state index is 13.0. The quantitative estimate of drug-likeness (QED) is 0.391. The highest BCUT2D eigenvalue weighted by Gasteiger charge is 2.15. The summed E-state index contributed by atoms with van der Waals surface area (Å²) in [6, 6.07) is 14.4. The lowest BCUT2D eigenvalue weighted by molar-refractivity contribution is -0.115. The van der Waals surface area contributed by atoms with Crippen molar-refractivity contribution in [1.29, 1.82) is 0 Å². The summed E-state index contributed by atoms with van der Waals surface area (Å²) in [5.74, 6) is 0.878. The van der Waals surface area contributed by atoms with E-state index in [1.165, 1.54) is 24.3 Å². The van der Waals surface area contributed by atoms with Gasteiger partial charge in [-0.2, -0.15) is 4.98 Å². The number of anilines is 2. The minimum Gasteiger partial charge on any atom is -0.458 e. The molecule has 1 amide bonds. The first kappa shape index (κ1) is 21.2. The minimum absolute atomic E-state index is 0.0364. The van der Waals surface area contributed by atoms with Gasteiger partial charge in [-0.25, -0.2) is 12.8 Å². The van der Waals surface area contributed by atoms with Gasteiger partial charge in [0.25, 0.3) is 10.0 Å². The molecule has 2 heterocycles. The van der Waals surface area contributed by atoms with E-state index in [-0.39, 0.29) is 23.2 Å². The third-order valence-electron chi connectivity index (χ3n) is 4.41. The van der Waals surface area contributed by atoms with Crippen molar-refractivity contribution in [1.82, 2.24) is 15.2 Å². The number of halogens is 1. The number of carbonyl (C=O) groups excluding carboxylic acids is 1. The molecule has 0 saturated heterocycles. The zero-order chi connectivity index (χ0) is 22.7. The Balaban J connectivity index is 1.36. The van der Waals surface area contributed by atoms with Gasteiger partial charge in [0.1, 0.15) is 11.6 Å². The van der Waals surface area contributed by atoms with Crippen LogP contribution in [0.5, 0.6) is 0 Å². The van der Waals surface area contributed by atoms with E-state index in [1.54, 1.807) is 24.3 Å². The van der Waals surface area contributed by atoms with Gasteiger partial charge in [-0.15, -0.1) is 5.10 Å². The van der Waals surface area contributed by atoms with Crippen molar-refractivity contribution in [3.63, 3.8) is 0 Å². The second kappa shape index (κ2) is 8.63.